The zero-order valence-electron chi connectivity index (χ0n) is 26.1. The summed E-state index contributed by atoms with van der Waals surface area (Å²) < 4.78 is 30.3. The number of halogens is 2. The Labute approximate surface area is 267 Å². The van der Waals surface area contributed by atoms with Gasteiger partial charge >= 0.3 is 6.03 Å². The summed E-state index contributed by atoms with van der Waals surface area (Å²) in [5.41, 5.74) is 3.62. The Hall–Kier alpha value is -4.90. The minimum atomic E-state index is -0.896. The Morgan fingerprint density at radius 2 is 1.72 bits per heavy atom. The number of fused-ring (bicyclic) bond motifs is 1. The van der Waals surface area contributed by atoms with E-state index in [-0.39, 0.29) is 36.3 Å². The lowest BCUT2D eigenvalue weighted by Crippen LogP contribution is -2.43. The fourth-order valence-electron chi connectivity index (χ4n) is 5.98. The maximum absolute atomic E-state index is 15.1. The normalized spacial score (nSPS) is 15.4. The van der Waals surface area contributed by atoms with Crippen molar-refractivity contribution in [2.75, 3.05) is 23.3 Å². The number of amides is 3. The van der Waals surface area contributed by atoms with Crippen LogP contribution in [-0.4, -0.2) is 52.0 Å². The number of hydrogen-bond donors (Lipinski definition) is 3. The monoisotopic (exact) mass is 625 g/mol. The molecule has 6 rings (SSSR count). The number of nitrogens with one attached hydrogen (secondary N) is 3. The summed E-state index contributed by atoms with van der Waals surface area (Å²) in [7, 11) is 0. The Morgan fingerprint density at radius 3 is 2.41 bits per heavy atom. The molecule has 1 saturated heterocycles. The molecule has 11 heteroatoms. The van der Waals surface area contributed by atoms with Crippen LogP contribution in [0.5, 0.6) is 0 Å². The van der Waals surface area contributed by atoms with Gasteiger partial charge in [-0.25, -0.2) is 23.5 Å². The van der Waals surface area contributed by atoms with Gasteiger partial charge in [-0.05, 0) is 69.0 Å². The van der Waals surface area contributed by atoms with Gasteiger partial charge in [0.2, 0.25) is 5.95 Å². The van der Waals surface area contributed by atoms with Crippen molar-refractivity contribution in [1.82, 2.24) is 25.5 Å². The molecule has 4 aromatic rings. The summed E-state index contributed by atoms with van der Waals surface area (Å²) in [6, 6.07) is 18.4. The topological polar surface area (TPSA) is 102 Å². The van der Waals surface area contributed by atoms with E-state index in [9.17, 15) is 9.59 Å². The zero-order chi connectivity index (χ0) is 32.4. The van der Waals surface area contributed by atoms with Crippen LogP contribution in [0.3, 0.4) is 0 Å². The second-order valence-electron chi connectivity index (χ2n) is 12.1. The molecule has 3 heterocycles. The lowest BCUT2D eigenvalue weighted by Gasteiger charge is -2.34. The lowest BCUT2D eigenvalue weighted by molar-refractivity contribution is 0.0943. The highest BCUT2D eigenvalue weighted by atomic mass is 19.1. The Balaban J connectivity index is 1.39. The van der Waals surface area contributed by atoms with Gasteiger partial charge in [0.25, 0.3) is 5.91 Å². The molecule has 2 aliphatic heterocycles. The summed E-state index contributed by atoms with van der Waals surface area (Å²) >= 11 is 0. The highest BCUT2D eigenvalue weighted by Gasteiger charge is 2.35. The van der Waals surface area contributed by atoms with Crippen LogP contribution in [0.4, 0.5) is 31.0 Å². The van der Waals surface area contributed by atoms with Gasteiger partial charge in [0.15, 0.2) is 5.82 Å². The molecule has 0 radical (unpaired) electrons. The lowest BCUT2D eigenvalue weighted by atomic mass is 9.97. The Kier molecular flexibility index (Phi) is 8.94. The van der Waals surface area contributed by atoms with Crippen molar-refractivity contribution < 1.29 is 18.4 Å². The van der Waals surface area contributed by atoms with Gasteiger partial charge in [-0.2, -0.15) is 4.98 Å². The quantitative estimate of drug-likeness (QED) is 0.212. The number of carbonyl (C=O) groups is 2. The summed E-state index contributed by atoms with van der Waals surface area (Å²) in [5, 5.41) is 9.09. The van der Waals surface area contributed by atoms with Crippen LogP contribution in [0, 0.1) is 18.6 Å². The molecule has 3 amide bonds. The van der Waals surface area contributed by atoms with Gasteiger partial charge < -0.3 is 16.0 Å². The molecular weight excluding hydrogens is 588 g/mol. The van der Waals surface area contributed by atoms with E-state index < -0.39 is 23.4 Å². The highest BCUT2D eigenvalue weighted by molar-refractivity contribution is 6.02. The number of rotatable bonds is 8. The number of benzene rings is 3. The van der Waals surface area contributed by atoms with E-state index in [4.69, 9.17) is 9.97 Å². The number of urea groups is 1. The SMILES string of the molecule is Cc1ccc(C(=O)NC(C)C)cc1-c1nc(NC2CCN(Cc3ccccc3)CC2)nc2c1CNC(=O)N2c1c(F)cccc1F. The van der Waals surface area contributed by atoms with Crippen LogP contribution in [0.25, 0.3) is 11.3 Å². The number of aromatic nitrogens is 2. The molecule has 238 valence electrons. The Morgan fingerprint density at radius 1 is 1.00 bits per heavy atom. The van der Waals surface area contributed by atoms with E-state index in [1.807, 2.05) is 45.0 Å². The molecule has 3 N–H and O–H groups in total. The first-order valence-corrected chi connectivity index (χ1v) is 15.6. The number of carbonyl (C=O) groups excluding carboxylic acids is 2. The zero-order valence-corrected chi connectivity index (χ0v) is 26.1. The number of likely N-dealkylation sites (tertiary alicyclic amines) is 1. The summed E-state index contributed by atoms with van der Waals surface area (Å²) in [6.45, 7) is 8.31. The predicted octanol–water partition coefficient (Wildman–Crippen LogP) is 6.31. The third-order valence-corrected chi connectivity index (χ3v) is 8.32. The molecule has 1 fully saturated rings. The smallest absolute Gasteiger partial charge is 0.328 e. The molecule has 0 atom stereocenters. The minimum absolute atomic E-state index is 0.0378. The number of para-hydroxylation sites is 1. The molecule has 9 nitrogen and oxygen atoms in total. The van der Waals surface area contributed by atoms with Crippen molar-refractivity contribution in [3.05, 3.63) is 101 Å². The average molecular weight is 626 g/mol. The molecule has 0 aliphatic carbocycles. The van der Waals surface area contributed by atoms with Crippen LogP contribution in [-0.2, 0) is 13.1 Å². The molecule has 46 heavy (non-hydrogen) atoms. The summed E-state index contributed by atoms with van der Waals surface area (Å²) in [5.74, 6) is -1.71. The van der Waals surface area contributed by atoms with Gasteiger partial charge in [-0.15, -0.1) is 0 Å². The van der Waals surface area contributed by atoms with Gasteiger partial charge in [0, 0.05) is 48.4 Å². The van der Waals surface area contributed by atoms with E-state index >= 15 is 8.78 Å². The van der Waals surface area contributed by atoms with E-state index in [0.29, 0.717) is 22.4 Å². The van der Waals surface area contributed by atoms with Gasteiger partial charge in [0.1, 0.15) is 17.3 Å². The van der Waals surface area contributed by atoms with Crippen LogP contribution >= 0.6 is 0 Å². The van der Waals surface area contributed by atoms with Crippen LogP contribution in [0.15, 0.2) is 66.7 Å². The molecule has 0 unspecified atom stereocenters. The third kappa shape index (κ3) is 6.55. The number of nitrogens with zero attached hydrogens (tertiary/aromatic N) is 4. The molecular formula is C35H37F2N7O2. The van der Waals surface area contributed by atoms with E-state index in [0.717, 1.165) is 55.1 Å². The van der Waals surface area contributed by atoms with Crippen molar-refractivity contribution in [1.29, 1.82) is 0 Å². The van der Waals surface area contributed by atoms with E-state index in [2.05, 4.69) is 33.0 Å². The van der Waals surface area contributed by atoms with Gasteiger partial charge in [-0.1, -0.05) is 42.5 Å². The predicted molar refractivity (Wildman–Crippen MR) is 174 cm³/mol. The number of hydrogen-bond acceptors (Lipinski definition) is 6. The molecule has 0 bridgehead atoms. The van der Waals surface area contributed by atoms with Crippen LogP contribution in [0.1, 0.15) is 53.7 Å². The first kappa shape index (κ1) is 31.1. The number of aryl methyl sites for hydroxylation is 1. The molecule has 3 aromatic carbocycles. The van der Waals surface area contributed by atoms with E-state index in [1.54, 1.807) is 12.1 Å². The molecule has 1 aromatic heterocycles. The fraction of sp³-hybridized carbons (Fsp3) is 0.314. The highest BCUT2D eigenvalue weighted by Crippen LogP contribution is 2.39. The van der Waals surface area contributed by atoms with Crippen molar-refractivity contribution in [2.24, 2.45) is 0 Å². The maximum Gasteiger partial charge on any atom is 0.328 e. The second kappa shape index (κ2) is 13.2. The average Bonchev–Trinajstić information content (AvgIpc) is 3.03. The van der Waals surface area contributed by atoms with Gasteiger partial charge in [-0.3, -0.25) is 9.69 Å². The largest absolute Gasteiger partial charge is 0.351 e. The summed E-state index contributed by atoms with van der Waals surface area (Å²) in [4.78, 5) is 39.2. The van der Waals surface area contributed by atoms with E-state index in [1.165, 1.54) is 11.6 Å². The standard InChI is InChI=1S/C35H37F2N7O2/c1-21(2)39-33(45)24-13-12-22(3)26(18-24)30-27-19-38-35(46)44(31-28(36)10-7-11-29(31)37)32(27)42-34(41-30)40-25-14-16-43(17-15-25)20-23-8-5-4-6-9-23/h4-13,18,21,25H,14-17,19-20H2,1-3H3,(H,38,46)(H,39,45)(H,40,41,42). The van der Waals surface area contributed by atoms with Crippen molar-refractivity contribution in [2.45, 2.75) is 58.8 Å². The van der Waals surface area contributed by atoms with Crippen molar-refractivity contribution in [3.63, 3.8) is 0 Å². The minimum Gasteiger partial charge on any atom is -0.351 e. The molecule has 0 spiro atoms. The van der Waals surface area contributed by atoms with Gasteiger partial charge in [0.05, 0.1) is 12.2 Å². The first-order chi connectivity index (χ1) is 22.2. The van der Waals surface area contributed by atoms with Crippen LogP contribution in [0.2, 0.25) is 0 Å². The summed E-state index contributed by atoms with van der Waals surface area (Å²) in [6.07, 6.45) is 1.66. The molecule has 2 aliphatic rings. The number of piperidine rings is 1. The second-order valence-corrected chi connectivity index (χ2v) is 12.1. The maximum atomic E-state index is 15.1. The number of anilines is 3. The molecule has 0 saturated carbocycles. The fourth-order valence-corrected chi connectivity index (χ4v) is 5.98. The Bertz CT molecular complexity index is 1740. The van der Waals surface area contributed by atoms with Crippen LogP contribution < -0.4 is 20.9 Å². The third-order valence-electron chi connectivity index (χ3n) is 8.32. The van der Waals surface area contributed by atoms with Crippen molar-refractivity contribution in [3.8, 4) is 11.3 Å². The first-order valence-electron chi connectivity index (χ1n) is 15.6. The van der Waals surface area contributed by atoms with Crippen molar-refractivity contribution >= 4 is 29.4 Å².